The molecule has 7 heteroatoms. The summed E-state index contributed by atoms with van der Waals surface area (Å²) in [6.07, 6.45) is 3.76. The molecule has 0 atom stereocenters. The first-order valence-electron chi connectivity index (χ1n) is 3.41. The SMILES string of the molecule is C=CCN(C)CC=C.N.O=S(=O)(O)O. The molecular weight excluding hydrogens is 208 g/mol. The lowest BCUT2D eigenvalue weighted by atomic mass is 10.5. The van der Waals surface area contributed by atoms with Crippen molar-refractivity contribution >= 4 is 10.4 Å². The predicted octanol–water partition coefficient (Wildman–Crippen LogP) is 0.799. The van der Waals surface area contributed by atoms with E-state index < -0.39 is 10.4 Å². The molecule has 0 aromatic carbocycles. The molecule has 0 aliphatic heterocycles. The second-order valence-corrected chi connectivity index (χ2v) is 3.14. The Kier molecular flexibility index (Phi) is 14.0. The number of rotatable bonds is 4. The van der Waals surface area contributed by atoms with Gasteiger partial charge in [0.15, 0.2) is 0 Å². The highest BCUT2D eigenvalue weighted by atomic mass is 32.3. The van der Waals surface area contributed by atoms with Gasteiger partial charge < -0.3 is 6.15 Å². The second-order valence-electron chi connectivity index (χ2n) is 2.25. The fourth-order valence-corrected chi connectivity index (χ4v) is 0.515. The largest absolute Gasteiger partial charge is 0.394 e. The predicted molar refractivity (Wildman–Crippen MR) is 57.1 cm³/mol. The third-order valence-corrected chi connectivity index (χ3v) is 0.882. The van der Waals surface area contributed by atoms with Crippen LogP contribution in [0.3, 0.4) is 0 Å². The fourth-order valence-electron chi connectivity index (χ4n) is 0.515. The van der Waals surface area contributed by atoms with Gasteiger partial charge in [-0.25, -0.2) is 0 Å². The van der Waals surface area contributed by atoms with E-state index in [0.717, 1.165) is 13.1 Å². The van der Waals surface area contributed by atoms with Crippen molar-refractivity contribution in [1.82, 2.24) is 11.1 Å². The number of likely N-dealkylation sites (N-methyl/N-ethyl adjacent to an activating group) is 1. The van der Waals surface area contributed by atoms with E-state index in [2.05, 4.69) is 18.1 Å². The van der Waals surface area contributed by atoms with Crippen molar-refractivity contribution in [2.75, 3.05) is 20.1 Å². The van der Waals surface area contributed by atoms with Gasteiger partial charge in [-0.2, -0.15) is 8.42 Å². The van der Waals surface area contributed by atoms with Crippen molar-refractivity contribution in [2.24, 2.45) is 0 Å². The Morgan fingerprint density at radius 2 is 1.43 bits per heavy atom. The fraction of sp³-hybridized carbons (Fsp3) is 0.429. The summed E-state index contributed by atoms with van der Waals surface area (Å²) in [5, 5.41) is 0. The van der Waals surface area contributed by atoms with Gasteiger partial charge in [0.1, 0.15) is 0 Å². The molecule has 0 saturated heterocycles. The van der Waals surface area contributed by atoms with Crippen molar-refractivity contribution < 1.29 is 17.5 Å². The maximum atomic E-state index is 8.74. The Hall–Kier alpha value is -0.730. The zero-order valence-corrected chi connectivity index (χ0v) is 9.07. The van der Waals surface area contributed by atoms with Gasteiger partial charge in [0.05, 0.1) is 0 Å². The van der Waals surface area contributed by atoms with E-state index in [4.69, 9.17) is 17.5 Å². The van der Waals surface area contributed by atoms with Crippen molar-refractivity contribution in [3.8, 4) is 0 Å². The highest BCUT2D eigenvalue weighted by Crippen LogP contribution is 1.80. The van der Waals surface area contributed by atoms with E-state index in [1.54, 1.807) is 0 Å². The van der Waals surface area contributed by atoms with Crippen molar-refractivity contribution in [3.63, 3.8) is 0 Å². The number of hydrogen-bond donors (Lipinski definition) is 3. The minimum atomic E-state index is -4.67. The molecule has 0 aromatic rings. The van der Waals surface area contributed by atoms with E-state index >= 15 is 0 Å². The Morgan fingerprint density at radius 1 is 1.21 bits per heavy atom. The average Bonchev–Trinajstić information content (AvgIpc) is 1.84. The van der Waals surface area contributed by atoms with Gasteiger partial charge in [0.25, 0.3) is 0 Å². The maximum absolute atomic E-state index is 8.74. The molecule has 0 saturated carbocycles. The van der Waals surface area contributed by atoms with Crippen molar-refractivity contribution in [2.45, 2.75) is 0 Å². The third-order valence-electron chi connectivity index (χ3n) is 0.882. The normalized spacial score (nSPS) is 9.43. The van der Waals surface area contributed by atoms with Crippen LogP contribution in [0, 0.1) is 0 Å². The Balaban J connectivity index is -0.000000177. The zero-order chi connectivity index (χ0) is 10.9. The lowest BCUT2D eigenvalue weighted by Crippen LogP contribution is -2.17. The van der Waals surface area contributed by atoms with Gasteiger partial charge in [0.2, 0.25) is 0 Å². The minimum absolute atomic E-state index is 0. The van der Waals surface area contributed by atoms with E-state index in [9.17, 15) is 0 Å². The summed E-state index contributed by atoms with van der Waals surface area (Å²) in [6, 6.07) is 0. The van der Waals surface area contributed by atoms with Crippen LogP contribution in [0.5, 0.6) is 0 Å². The summed E-state index contributed by atoms with van der Waals surface area (Å²) < 4.78 is 31.6. The molecule has 0 heterocycles. The quantitative estimate of drug-likeness (QED) is 0.482. The van der Waals surface area contributed by atoms with Crippen LogP contribution in [0.1, 0.15) is 0 Å². The summed E-state index contributed by atoms with van der Waals surface area (Å²) in [5.41, 5.74) is 0. The van der Waals surface area contributed by atoms with Gasteiger partial charge in [-0.15, -0.1) is 13.2 Å². The lowest BCUT2D eigenvalue weighted by Gasteiger charge is -2.09. The number of hydrogen-bond acceptors (Lipinski definition) is 4. The van der Waals surface area contributed by atoms with Crippen LogP contribution in [-0.4, -0.2) is 42.6 Å². The van der Waals surface area contributed by atoms with Crippen LogP contribution >= 0.6 is 0 Å². The monoisotopic (exact) mass is 226 g/mol. The first-order chi connectivity index (χ1) is 5.81. The summed E-state index contributed by atoms with van der Waals surface area (Å²) in [7, 11) is -2.64. The molecule has 6 nitrogen and oxygen atoms in total. The molecule has 0 aromatic heterocycles. The molecular formula is C7H18N2O4S. The molecule has 0 amide bonds. The topological polar surface area (TPSA) is 113 Å². The maximum Gasteiger partial charge on any atom is 0.394 e. The van der Waals surface area contributed by atoms with Gasteiger partial charge in [-0.1, -0.05) is 12.2 Å². The molecule has 0 unspecified atom stereocenters. The van der Waals surface area contributed by atoms with Gasteiger partial charge in [-0.05, 0) is 7.05 Å². The molecule has 0 aliphatic rings. The van der Waals surface area contributed by atoms with Crippen LogP contribution in [0.15, 0.2) is 25.3 Å². The van der Waals surface area contributed by atoms with Gasteiger partial charge >= 0.3 is 10.4 Å². The van der Waals surface area contributed by atoms with Gasteiger partial charge in [-0.3, -0.25) is 14.0 Å². The molecule has 0 radical (unpaired) electrons. The smallest absolute Gasteiger partial charge is 0.344 e. The van der Waals surface area contributed by atoms with Gasteiger partial charge in [0, 0.05) is 13.1 Å². The van der Waals surface area contributed by atoms with E-state index in [0.29, 0.717) is 0 Å². The molecule has 0 spiro atoms. The van der Waals surface area contributed by atoms with Crippen LogP contribution < -0.4 is 6.15 Å². The molecule has 0 fully saturated rings. The highest BCUT2D eigenvalue weighted by Gasteiger charge is 1.86. The standard InChI is InChI=1S/C7H13N.H3N.H2O4S/c1-4-6-8(3)7-5-2;;1-5(2,3)4/h4-5H,1-2,6-7H2,3H3;1H3;(H2,1,2,3,4). The molecule has 86 valence electrons. The van der Waals surface area contributed by atoms with E-state index in [1.807, 2.05) is 19.2 Å². The second kappa shape index (κ2) is 10.4. The highest BCUT2D eigenvalue weighted by molar-refractivity contribution is 7.79. The Morgan fingerprint density at radius 3 is 1.57 bits per heavy atom. The Bertz CT molecular complexity index is 220. The first kappa shape index (κ1) is 18.9. The zero-order valence-electron chi connectivity index (χ0n) is 8.26. The number of nitrogens with zero attached hydrogens (tertiary/aromatic N) is 1. The lowest BCUT2D eigenvalue weighted by molar-refractivity contribution is 0.381. The van der Waals surface area contributed by atoms with E-state index in [-0.39, 0.29) is 6.15 Å². The van der Waals surface area contributed by atoms with Crippen LogP contribution in [0.25, 0.3) is 0 Å². The van der Waals surface area contributed by atoms with Crippen molar-refractivity contribution in [3.05, 3.63) is 25.3 Å². The Labute approximate surface area is 85.1 Å². The summed E-state index contributed by atoms with van der Waals surface area (Å²) >= 11 is 0. The summed E-state index contributed by atoms with van der Waals surface area (Å²) in [6.45, 7) is 9.09. The summed E-state index contributed by atoms with van der Waals surface area (Å²) in [5.74, 6) is 0. The first-order valence-corrected chi connectivity index (χ1v) is 4.81. The van der Waals surface area contributed by atoms with E-state index in [1.165, 1.54) is 0 Å². The molecule has 0 rings (SSSR count). The van der Waals surface area contributed by atoms with Crippen LogP contribution in [0.4, 0.5) is 0 Å². The third kappa shape index (κ3) is 42.8. The van der Waals surface area contributed by atoms with Crippen LogP contribution in [-0.2, 0) is 10.4 Å². The minimum Gasteiger partial charge on any atom is -0.344 e. The molecule has 14 heavy (non-hydrogen) atoms. The van der Waals surface area contributed by atoms with Crippen LogP contribution in [0.2, 0.25) is 0 Å². The average molecular weight is 226 g/mol. The molecule has 5 N–H and O–H groups in total. The molecule has 0 bridgehead atoms. The summed E-state index contributed by atoms with van der Waals surface area (Å²) in [4.78, 5) is 2.12. The van der Waals surface area contributed by atoms with Crippen molar-refractivity contribution in [1.29, 1.82) is 0 Å². The molecule has 0 aliphatic carbocycles.